The van der Waals surface area contributed by atoms with E-state index >= 15 is 0 Å². The van der Waals surface area contributed by atoms with Crippen LogP contribution in [0.1, 0.15) is 43.6 Å². The molecule has 3 aromatic rings. The van der Waals surface area contributed by atoms with Crippen LogP contribution in [-0.2, 0) is 11.2 Å². The quantitative estimate of drug-likeness (QED) is 0.513. The van der Waals surface area contributed by atoms with E-state index in [2.05, 4.69) is 16.0 Å². The molecule has 2 atom stereocenters. The topological polar surface area (TPSA) is 48.6 Å². The van der Waals surface area contributed by atoms with Crippen LogP contribution in [0.3, 0.4) is 0 Å². The molecule has 1 fully saturated rings. The normalized spacial score (nSPS) is 21.1. The van der Waals surface area contributed by atoms with E-state index in [1.165, 1.54) is 19.4 Å². The number of amides is 1. The number of likely N-dealkylation sites (tertiary alicyclic amines) is 1. The van der Waals surface area contributed by atoms with Crippen LogP contribution in [0.5, 0.6) is 5.75 Å². The van der Waals surface area contributed by atoms with Gasteiger partial charge in [0, 0.05) is 48.2 Å². The van der Waals surface area contributed by atoms with E-state index in [9.17, 15) is 13.6 Å². The monoisotopic (exact) mass is 481 g/mol. The number of halogens is 2. The Hall–Kier alpha value is -2.93. The largest absolute Gasteiger partial charge is 0.492 e. The fourth-order valence-electron chi connectivity index (χ4n) is 5.41. The van der Waals surface area contributed by atoms with Gasteiger partial charge in [0.25, 0.3) is 5.91 Å². The van der Waals surface area contributed by atoms with Gasteiger partial charge in [0.15, 0.2) is 5.67 Å². The van der Waals surface area contributed by atoms with Gasteiger partial charge in [-0.2, -0.15) is 0 Å². The summed E-state index contributed by atoms with van der Waals surface area (Å²) in [6.45, 7) is 7.27. The number of alkyl halides is 2. The summed E-state index contributed by atoms with van der Waals surface area (Å²) in [7, 11) is 0. The summed E-state index contributed by atoms with van der Waals surface area (Å²) in [5.74, 6) is 0.392. The van der Waals surface area contributed by atoms with Crippen molar-refractivity contribution in [2.75, 3.05) is 32.9 Å². The molecule has 0 radical (unpaired) electrons. The SMILES string of the molecule is C[C@@H]1Cc2c([nH]c3ccccc23)C(c2ccc(OCCN3CC(CF)C3)cc2)N1C(=O)C(C)(C)F. The fourth-order valence-corrected chi connectivity index (χ4v) is 5.41. The maximum Gasteiger partial charge on any atom is 0.260 e. The van der Waals surface area contributed by atoms with E-state index in [0.29, 0.717) is 13.0 Å². The molecule has 3 heterocycles. The van der Waals surface area contributed by atoms with Gasteiger partial charge in [-0.15, -0.1) is 0 Å². The van der Waals surface area contributed by atoms with Gasteiger partial charge in [-0.1, -0.05) is 30.3 Å². The number of nitrogens with one attached hydrogen (secondary N) is 1. The van der Waals surface area contributed by atoms with Crippen molar-refractivity contribution < 1.29 is 18.3 Å². The van der Waals surface area contributed by atoms with Crippen LogP contribution < -0.4 is 4.74 Å². The van der Waals surface area contributed by atoms with Gasteiger partial charge in [0.2, 0.25) is 0 Å². The van der Waals surface area contributed by atoms with Crippen molar-refractivity contribution in [1.82, 2.24) is 14.8 Å². The summed E-state index contributed by atoms with van der Waals surface area (Å²) in [6, 6.07) is 15.3. The third-order valence-electron chi connectivity index (χ3n) is 7.24. The van der Waals surface area contributed by atoms with Crippen LogP contribution >= 0.6 is 0 Å². The summed E-state index contributed by atoms with van der Waals surface area (Å²) < 4.78 is 33.4. The Bertz CT molecular complexity index is 1200. The van der Waals surface area contributed by atoms with E-state index < -0.39 is 17.6 Å². The number of nitrogens with zero attached hydrogens (tertiary/aromatic N) is 2. The van der Waals surface area contributed by atoms with Crippen LogP contribution in [0.2, 0.25) is 0 Å². The molecule has 2 aliphatic rings. The highest BCUT2D eigenvalue weighted by Gasteiger charge is 2.43. The summed E-state index contributed by atoms with van der Waals surface area (Å²) >= 11 is 0. The van der Waals surface area contributed by atoms with Crippen molar-refractivity contribution in [1.29, 1.82) is 0 Å². The number of fused-ring (bicyclic) bond motifs is 3. The minimum atomic E-state index is -1.98. The standard InChI is InChI=1S/C28H33F2N3O2/c1-18-14-23-22-6-4-5-7-24(22)31-25(23)26(33(18)27(34)28(2,3)30)20-8-10-21(11-9-20)35-13-12-32-16-19(15-29)17-32/h4-11,18-19,26,31H,12-17H2,1-3H3/t18-,26?/m1/s1. The predicted molar refractivity (Wildman–Crippen MR) is 133 cm³/mol. The van der Waals surface area contributed by atoms with Gasteiger partial charge >= 0.3 is 0 Å². The van der Waals surface area contributed by atoms with Gasteiger partial charge in [-0.3, -0.25) is 14.1 Å². The van der Waals surface area contributed by atoms with Crippen LogP contribution in [0.4, 0.5) is 8.78 Å². The van der Waals surface area contributed by atoms with Gasteiger partial charge in [0.05, 0.1) is 12.7 Å². The molecule has 0 bridgehead atoms. The smallest absolute Gasteiger partial charge is 0.260 e. The third kappa shape index (κ3) is 4.54. The predicted octanol–water partition coefficient (Wildman–Crippen LogP) is 5.06. The Morgan fingerprint density at radius 1 is 1.14 bits per heavy atom. The number of carbonyl (C=O) groups excluding carboxylic acids is 1. The molecule has 35 heavy (non-hydrogen) atoms. The van der Waals surface area contributed by atoms with E-state index in [0.717, 1.165) is 47.5 Å². The number of hydrogen-bond acceptors (Lipinski definition) is 3. The molecule has 2 aromatic carbocycles. The van der Waals surface area contributed by atoms with Gasteiger partial charge < -0.3 is 14.6 Å². The average Bonchev–Trinajstić information content (AvgIpc) is 3.17. The molecule has 186 valence electrons. The molecule has 0 saturated carbocycles. The highest BCUT2D eigenvalue weighted by atomic mass is 19.1. The zero-order valence-electron chi connectivity index (χ0n) is 20.6. The number of aromatic amines is 1. The maximum atomic E-state index is 14.9. The first kappa shape index (κ1) is 23.8. The minimum Gasteiger partial charge on any atom is -0.492 e. The first-order chi connectivity index (χ1) is 16.8. The van der Waals surface area contributed by atoms with E-state index in [1.54, 1.807) is 4.90 Å². The van der Waals surface area contributed by atoms with Gasteiger partial charge in [0.1, 0.15) is 12.4 Å². The highest BCUT2D eigenvalue weighted by molar-refractivity contribution is 5.89. The lowest BCUT2D eigenvalue weighted by Crippen LogP contribution is -2.52. The van der Waals surface area contributed by atoms with Gasteiger partial charge in [-0.05, 0) is 56.5 Å². The molecular weight excluding hydrogens is 448 g/mol. The third-order valence-corrected chi connectivity index (χ3v) is 7.24. The summed E-state index contributed by atoms with van der Waals surface area (Å²) in [4.78, 5) is 20.7. The molecule has 5 nitrogen and oxygen atoms in total. The van der Waals surface area contributed by atoms with Crippen LogP contribution in [0.15, 0.2) is 48.5 Å². The molecule has 0 spiro atoms. The minimum absolute atomic E-state index is 0.158. The van der Waals surface area contributed by atoms with E-state index in [4.69, 9.17) is 4.74 Å². The average molecular weight is 482 g/mol. The van der Waals surface area contributed by atoms with Crippen LogP contribution in [0, 0.1) is 5.92 Å². The zero-order chi connectivity index (χ0) is 24.7. The Balaban J connectivity index is 1.41. The molecule has 1 unspecified atom stereocenters. The summed E-state index contributed by atoms with van der Waals surface area (Å²) in [5, 5.41) is 1.15. The number of rotatable bonds is 7. The first-order valence-electron chi connectivity index (χ1n) is 12.4. The second-order valence-electron chi connectivity index (χ2n) is 10.4. The number of carbonyl (C=O) groups is 1. The molecular formula is C28H33F2N3O2. The lowest BCUT2D eigenvalue weighted by molar-refractivity contribution is -0.146. The second kappa shape index (κ2) is 9.26. The summed E-state index contributed by atoms with van der Waals surface area (Å²) in [5.41, 5.74) is 2.07. The molecule has 5 rings (SSSR count). The number of ether oxygens (including phenoxy) is 1. The molecule has 1 N–H and O–H groups in total. The van der Waals surface area contributed by atoms with Crippen molar-refractivity contribution in [3.8, 4) is 5.75 Å². The number of hydrogen-bond donors (Lipinski definition) is 1. The van der Waals surface area contributed by atoms with Crippen LogP contribution in [0.25, 0.3) is 10.9 Å². The van der Waals surface area contributed by atoms with Crippen molar-refractivity contribution in [2.24, 2.45) is 5.92 Å². The van der Waals surface area contributed by atoms with Crippen molar-refractivity contribution in [3.63, 3.8) is 0 Å². The number of H-pyrrole nitrogens is 1. The van der Waals surface area contributed by atoms with Crippen molar-refractivity contribution in [2.45, 2.75) is 44.9 Å². The molecule has 1 amide bonds. The Morgan fingerprint density at radius 3 is 2.54 bits per heavy atom. The Labute approximate surface area is 205 Å². The number of benzene rings is 2. The van der Waals surface area contributed by atoms with E-state index in [-0.39, 0.29) is 18.6 Å². The molecule has 0 aliphatic carbocycles. The van der Waals surface area contributed by atoms with Crippen LogP contribution in [-0.4, -0.2) is 65.3 Å². The maximum absolute atomic E-state index is 14.9. The van der Waals surface area contributed by atoms with Gasteiger partial charge in [-0.25, -0.2) is 4.39 Å². The van der Waals surface area contributed by atoms with Crippen molar-refractivity contribution in [3.05, 3.63) is 65.4 Å². The van der Waals surface area contributed by atoms with Crippen molar-refractivity contribution >= 4 is 16.8 Å². The molecule has 1 aromatic heterocycles. The Morgan fingerprint density at radius 2 is 1.86 bits per heavy atom. The number of para-hydroxylation sites is 1. The number of aromatic nitrogens is 1. The first-order valence-corrected chi connectivity index (χ1v) is 12.4. The summed E-state index contributed by atoms with van der Waals surface area (Å²) in [6.07, 6.45) is 0.665. The lowest BCUT2D eigenvalue weighted by atomic mass is 9.87. The molecule has 7 heteroatoms. The second-order valence-corrected chi connectivity index (χ2v) is 10.4. The molecule has 1 saturated heterocycles. The lowest BCUT2D eigenvalue weighted by Gasteiger charge is -2.42. The zero-order valence-corrected chi connectivity index (χ0v) is 20.6. The fraction of sp³-hybridized carbons (Fsp3) is 0.464. The van der Waals surface area contributed by atoms with E-state index in [1.807, 2.05) is 49.4 Å². The Kier molecular flexibility index (Phi) is 6.30. The molecule has 2 aliphatic heterocycles. The highest BCUT2D eigenvalue weighted by Crippen LogP contribution is 2.42.